The minimum absolute atomic E-state index is 0.219. The lowest BCUT2D eigenvalue weighted by Crippen LogP contribution is -1.95. The number of alkyl halides is 1. The minimum Gasteiger partial charge on any atom is -0.467 e. The number of benzene rings is 1. The Morgan fingerprint density at radius 1 is 1.19 bits per heavy atom. The maximum Gasteiger partial charge on any atom is 0.128 e. The summed E-state index contributed by atoms with van der Waals surface area (Å²) in [7, 11) is 0. The summed E-state index contributed by atoms with van der Waals surface area (Å²) in [5.41, 5.74) is 2.44. The number of hydrogen-bond donors (Lipinski definition) is 0. The largest absolute Gasteiger partial charge is 0.467 e. The second kappa shape index (κ2) is 4.30. The molecule has 1 heterocycles. The van der Waals surface area contributed by atoms with E-state index in [-0.39, 0.29) is 11.2 Å². The van der Waals surface area contributed by atoms with Crippen LogP contribution in [0.3, 0.4) is 0 Å². The van der Waals surface area contributed by atoms with E-state index in [9.17, 15) is 4.39 Å². The molecule has 0 aliphatic rings. The number of aryl methyl sites for hydroxylation is 2. The van der Waals surface area contributed by atoms with E-state index >= 15 is 0 Å². The zero-order valence-corrected chi connectivity index (χ0v) is 9.88. The maximum absolute atomic E-state index is 13.1. The standard InChI is InChI=1S/C13H12ClFO/c1-8-5-6-16-13(8)12(14)10-3-4-11(15)9(2)7-10/h3-7,12H,1-2H3. The molecule has 1 aromatic carbocycles. The fraction of sp³-hybridized carbons (Fsp3) is 0.231. The molecule has 1 nitrogen and oxygen atoms in total. The topological polar surface area (TPSA) is 13.1 Å². The molecule has 0 aliphatic carbocycles. The van der Waals surface area contributed by atoms with Crippen LogP contribution in [0.1, 0.15) is 27.8 Å². The molecule has 0 aliphatic heterocycles. The van der Waals surface area contributed by atoms with Gasteiger partial charge in [0.25, 0.3) is 0 Å². The summed E-state index contributed by atoms with van der Waals surface area (Å²) < 4.78 is 18.4. The second-order valence-electron chi connectivity index (χ2n) is 3.84. The van der Waals surface area contributed by atoms with Crippen LogP contribution in [-0.2, 0) is 0 Å². The third kappa shape index (κ3) is 1.98. The first kappa shape index (κ1) is 11.2. The van der Waals surface area contributed by atoms with Crippen molar-refractivity contribution in [1.29, 1.82) is 0 Å². The molecule has 1 atom stereocenters. The lowest BCUT2D eigenvalue weighted by atomic mass is 10.1. The van der Waals surface area contributed by atoms with Gasteiger partial charge in [0.2, 0.25) is 0 Å². The average Bonchev–Trinajstić information content (AvgIpc) is 2.67. The number of hydrogen-bond acceptors (Lipinski definition) is 1. The van der Waals surface area contributed by atoms with Crippen molar-refractivity contribution in [2.24, 2.45) is 0 Å². The smallest absolute Gasteiger partial charge is 0.128 e. The monoisotopic (exact) mass is 238 g/mol. The van der Waals surface area contributed by atoms with E-state index in [0.717, 1.165) is 11.1 Å². The van der Waals surface area contributed by atoms with Gasteiger partial charge in [0, 0.05) is 0 Å². The molecule has 16 heavy (non-hydrogen) atoms. The van der Waals surface area contributed by atoms with E-state index in [4.69, 9.17) is 16.0 Å². The van der Waals surface area contributed by atoms with Crippen LogP contribution in [0.15, 0.2) is 34.9 Å². The van der Waals surface area contributed by atoms with E-state index in [1.807, 2.05) is 13.0 Å². The van der Waals surface area contributed by atoms with E-state index in [2.05, 4.69) is 0 Å². The Hall–Kier alpha value is -1.28. The SMILES string of the molecule is Cc1cc(C(Cl)c2occc2C)ccc1F. The molecule has 0 fully saturated rings. The van der Waals surface area contributed by atoms with Gasteiger partial charge in [-0.25, -0.2) is 4.39 Å². The molecule has 0 saturated carbocycles. The Kier molecular flexibility index (Phi) is 3.01. The highest BCUT2D eigenvalue weighted by Gasteiger charge is 2.17. The summed E-state index contributed by atoms with van der Waals surface area (Å²) in [6, 6.07) is 6.72. The van der Waals surface area contributed by atoms with Crippen molar-refractivity contribution >= 4 is 11.6 Å². The third-order valence-corrected chi connectivity index (χ3v) is 3.06. The van der Waals surface area contributed by atoms with Crippen LogP contribution in [0.2, 0.25) is 0 Å². The second-order valence-corrected chi connectivity index (χ2v) is 4.28. The molecule has 0 bridgehead atoms. The van der Waals surface area contributed by atoms with Gasteiger partial charge in [0.15, 0.2) is 0 Å². The quantitative estimate of drug-likeness (QED) is 0.709. The summed E-state index contributed by atoms with van der Waals surface area (Å²) in [5, 5.41) is -0.366. The number of halogens is 2. The van der Waals surface area contributed by atoms with Crippen molar-refractivity contribution in [2.45, 2.75) is 19.2 Å². The minimum atomic E-state index is -0.366. The molecule has 0 saturated heterocycles. The van der Waals surface area contributed by atoms with Crippen LogP contribution in [0, 0.1) is 19.7 Å². The van der Waals surface area contributed by atoms with Gasteiger partial charge >= 0.3 is 0 Å². The number of furan rings is 1. The Morgan fingerprint density at radius 3 is 2.50 bits per heavy atom. The lowest BCUT2D eigenvalue weighted by molar-refractivity contribution is 0.513. The highest BCUT2D eigenvalue weighted by atomic mass is 35.5. The predicted molar refractivity (Wildman–Crippen MR) is 62.3 cm³/mol. The highest BCUT2D eigenvalue weighted by molar-refractivity contribution is 6.22. The van der Waals surface area contributed by atoms with Crippen LogP contribution in [0.25, 0.3) is 0 Å². The molecule has 0 amide bonds. The average molecular weight is 239 g/mol. The van der Waals surface area contributed by atoms with Crippen molar-refractivity contribution in [3.05, 3.63) is 58.8 Å². The Balaban J connectivity index is 2.38. The van der Waals surface area contributed by atoms with Crippen LogP contribution >= 0.6 is 11.6 Å². The molecule has 0 N–H and O–H groups in total. The summed E-state index contributed by atoms with van der Waals surface area (Å²) >= 11 is 6.29. The van der Waals surface area contributed by atoms with Gasteiger partial charge in [-0.1, -0.05) is 12.1 Å². The Labute approximate surface area is 98.8 Å². The lowest BCUT2D eigenvalue weighted by Gasteiger charge is -2.09. The molecule has 3 heteroatoms. The maximum atomic E-state index is 13.1. The van der Waals surface area contributed by atoms with Crippen molar-refractivity contribution < 1.29 is 8.81 Å². The molecule has 1 unspecified atom stereocenters. The van der Waals surface area contributed by atoms with Gasteiger partial charge in [-0.3, -0.25) is 0 Å². The fourth-order valence-electron chi connectivity index (χ4n) is 1.62. The molecular weight excluding hydrogens is 227 g/mol. The first-order chi connectivity index (χ1) is 7.59. The third-order valence-electron chi connectivity index (χ3n) is 2.61. The zero-order valence-electron chi connectivity index (χ0n) is 9.13. The normalized spacial score (nSPS) is 12.8. The molecule has 1 aromatic heterocycles. The van der Waals surface area contributed by atoms with Gasteiger partial charge < -0.3 is 4.42 Å². The van der Waals surface area contributed by atoms with E-state index < -0.39 is 0 Å². The predicted octanol–water partition coefficient (Wildman–Crippen LogP) is 4.36. The van der Waals surface area contributed by atoms with Gasteiger partial charge in [-0.15, -0.1) is 11.6 Å². The van der Waals surface area contributed by atoms with Crippen LogP contribution in [0.4, 0.5) is 4.39 Å². The van der Waals surface area contributed by atoms with E-state index in [1.165, 1.54) is 6.07 Å². The van der Waals surface area contributed by atoms with Gasteiger partial charge in [-0.2, -0.15) is 0 Å². The Bertz CT molecular complexity index is 504. The molecular formula is C13H12ClFO. The van der Waals surface area contributed by atoms with Crippen molar-refractivity contribution in [3.63, 3.8) is 0 Å². The first-order valence-corrected chi connectivity index (χ1v) is 5.47. The summed E-state index contributed by atoms with van der Waals surface area (Å²) in [6.45, 7) is 3.65. The molecule has 84 valence electrons. The zero-order chi connectivity index (χ0) is 11.7. The van der Waals surface area contributed by atoms with Crippen molar-refractivity contribution in [1.82, 2.24) is 0 Å². The van der Waals surface area contributed by atoms with E-state index in [0.29, 0.717) is 11.3 Å². The van der Waals surface area contributed by atoms with Crippen LogP contribution in [0.5, 0.6) is 0 Å². The van der Waals surface area contributed by atoms with Crippen LogP contribution in [-0.4, -0.2) is 0 Å². The summed E-state index contributed by atoms with van der Waals surface area (Å²) in [5.74, 6) is 0.497. The summed E-state index contributed by atoms with van der Waals surface area (Å²) in [6.07, 6.45) is 1.61. The molecule has 0 radical (unpaired) electrons. The molecule has 2 rings (SSSR count). The highest BCUT2D eigenvalue weighted by Crippen LogP contribution is 2.32. The van der Waals surface area contributed by atoms with Crippen molar-refractivity contribution in [3.8, 4) is 0 Å². The van der Waals surface area contributed by atoms with Gasteiger partial charge in [0.05, 0.1) is 6.26 Å². The summed E-state index contributed by atoms with van der Waals surface area (Å²) in [4.78, 5) is 0. The Morgan fingerprint density at radius 2 is 1.94 bits per heavy atom. The van der Waals surface area contributed by atoms with E-state index in [1.54, 1.807) is 25.3 Å². The molecule has 2 aromatic rings. The fourth-order valence-corrected chi connectivity index (χ4v) is 1.98. The number of rotatable bonds is 2. The first-order valence-electron chi connectivity index (χ1n) is 5.03. The van der Waals surface area contributed by atoms with Crippen molar-refractivity contribution in [2.75, 3.05) is 0 Å². The van der Waals surface area contributed by atoms with Crippen LogP contribution < -0.4 is 0 Å². The van der Waals surface area contributed by atoms with Gasteiger partial charge in [0.1, 0.15) is 17.0 Å². The van der Waals surface area contributed by atoms with Gasteiger partial charge in [-0.05, 0) is 42.7 Å². The molecule has 0 spiro atoms.